The molecule has 0 saturated heterocycles. The maximum absolute atomic E-state index is 12.9. The monoisotopic (exact) mass is 419 g/mol. The van der Waals surface area contributed by atoms with Crippen molar-refractivity contribution in [2.75, 3.05) is 23.1 Å². The highest BCUT2D eigenvalue weighted by atomic mass is 16.5. The molecule has 9 heteroatoms. The zero-order valence-corrected chi connectivity index (χ0v) is 17.0. The van der Waals surface area contributed by atoms with E-state index in [1.165, 1.54) is 0 Å². The fourth-order valence-electron chi connectivity index (χ4n) is 3.33. The number of methoxy groups -OCH3 is 1. The number of anilines is 4. The van der Waals surface area contributed by atoms with Crippen LogP contribution in [0.25, 0.3) is 0 Å². The molecule has 4 N–H and O–H groups in total. The molecule has 2 amide bonds. The van der Waals surface area contributed by atoms with Crippen molar-refractivity contribution in [1.29, 1.82) is 0 Å². The molecular formula is C22H21N5O4. The third-order valence-corrected chi connectivity index (χ3v) is 4.94. The predicted octanol–water partition coefficient (Wildman–Crippen LogP) is 2.90. The number of aromatic amines is 1. The smallest absolute Gasteiger partial charge is 0.258 e. The largest absolute Gasteiger partial charge is 0.497 e. The van der Waals surface area contributed by atoms with E-state index in [9.17, 15) is 14.4 Å². The minimum absolute atomic E-state index is 0.0695. The van der Waals surface area contributed by atoms with Gasteiger partial charge in [-0.05, 0) is 43.3 Å². The molecule has 2 heterocycles. The highest BCUT2D eigenvalue weighted by Crippen LogP contribution is 2.30. The van der Waals surface area contributed by atoms with Gasteiger partial charge >= 0.3 is 0 Å². The van der Waals surface area contributed by atoms with Gasteiger partial charge in [-0.2, -0.15) is 4.98 Å². The number of hydrogen-bond donors (Lipinski definition) is 4. The molecule has 1 aromatic heterocycles. The molecular weight excluding hydrogens is 398 g/mol. The number of amides is 2. The molecule has 158 valence electrons. The Balaban J connectivity index is 1.60. The number of benzene rings is 2. The molecule has 0 spiro atoms. The van der Waals surface area contributed by atoms with Crippen LogP contribution in [-0.2, 0) is 9.59 Å². The Kier molecular flexibility index (Phi) is 5.40. The van der Waals surface area contributed by atoms with Crippen molar-refractivity contribution in [1.82, 2.24) is 9.97 Å². The lowest BCUT2D eigenvalue weighted by molar-refractivity contribution is -0.123. The molecule has 0 radical (unpaired) electrons. The van der Waals surface area contributed by atoms with Gasteiger partial charge in [-0.15, -0.1) is 0 Å². The summed E-state index contributed by atoms with van der Waals surface area (Å²) in [7, 11) is 1.57. The van der Waals surface area contributed by atoms with Gasteiger partial charge in [0.1, 0.15) is 11.6 Å². The number of carbonyl (C=O) groups is 2. The molecule has 2 aromatic carbocycles. The SMILES string of the molecule is COc1ccc(Nc2nc3c(c(=O)[nH]2)C(C(=O)Nc2ccc(C)cc2)CC(=O)N3)cc1. The van der Waals surface area contributed by atoms with Crippen LogP contribution in [0.5, 0.6) is 5.75 Å². The van der Waals surface area contributed by atoms with E-state index < -0.39 is 17.4 Å². The van der Waals surface area contributed by atoms with E-state index in [1.807, 2.05) is 19.1 Å². The third kappa shape index (κ3) is 4.40. The molecule has 0 aliphatic carbocycles. The second-order valence-corrected chi connectivity index (χ2v) is 7.19. The number of aryl methyl sites for hydroxylation is 1. The van der Waals surface area contributed by atoms with E-state index >= 15 is 0 Å². The van der Waals surface area contributed by atoms with Crippen LogP contribution < -0.4 is 26.2 Å². The van der Waals surface area contributed by atoms with Crippen LogP contribution in [0.2, 0.25) is 0 Å². The summed E-state index contributed by atoms with van der Waals surface area (Å²) in [5, 5.41) is 8.33. The Hall–Kier alpha value is -4.14. The van der Waals surface area contributed by atoms with Gasteiger partial charge in [-0.25, -0.2) is 0 Å². The predicted molar refractivity (Wildman–Crippen MR) is 117 cm³/mol. The maximum Gasteiger partial charge on any atom is 0.258 e. The van der Waals surface area contributed by atoms with E-state index in [4.69, 9.17) is 4.74 Å². The van der Waals surface area contributed by atoms with E-state index in [-0.39, 0.29) is 29.7 Å². The van der Waals surface area contributed by atoms with Gasteiger partial charge in [0.25, 0.3) is 5.56 Å². The number of H-pyrrole nitrogens is 1. The fraction of sp³-hybridized carbons (Fsp3) is 0.182. The van der Waals surface area contributed by atoms with Crippen molar-refractivity contribution >= 4 is 35.0 Å². The van der Waals surface area contributed by atoms with Crippen molar-refractivity contribution in [3.05, 3.63) is 70.0 Å². The molecule has 4 rings (SSSR count). The Morgan fingerprint density at radius 1 is 1.06 bits per heavy atom. The Morgan fingerprint density at radius 3 is 2.42 bits per heavy atom. The van der Waals surface area contributed by atoms with Crippen molar-refractivity contribution in [2.45, 2.75) is 19.3 Å². The van der Waals surface area contributed by atoms with Crippen molar-refractivity contribution in [3.63, 3.8) is 0 Å². The first-order valence-corrected chi connectivity index (χ1v) is 9.65. The topological polar surface area (TPSA) is 125 Å². The molecule has 1 aliphatic rings. The molecule has 0 fully saturated rings. The molecule has 0 bridgehead atoms. The minimum Gasteiger partial charge on any atom is -0.497 e. The quantitative estimate of drug-likeness (QED) is 0.504. The zero-order valence-electron chi connectivity index (χ0n) is 17.0. The molecule has 3 aromatic rings. The van der Waals surface area contributed by atoms with Crippen LogP contribution in [0.3, 0.4) is 0 Å². The molecule has 31 heavy (non-hydrogen) atoms. The summed E-state index contributed by atoms with van der Waals surface area (Å²) in [4.78, 5) is 44.8. The number of nitrogens with zero attached hydrogens (tertiary/aromatic N) is 1. The first-order valence-electron chi connectivity index (χ1n) is 9.65. The van der Waals surface area contributed by atoms with Gasteiger partial charge in [0.15, 0.2) is 0 Å². The fourth-order valence-corrected chi connectivity index (χ4v) is 3.33. The summed E-state index contributed by atoms with van der Waals surface area (Å²) >= 11 is 0. The van der Waals surface area contributed by atoms with Gasteiger partial charge in [0.05, 0.1) is 18.6 Å². The maximum atomic E-state index is 12.9. The van der Waals surface area contributed by atoms with Crippen molar-refractivity contribution < 1.29 is 14.3 Å². The lowest BCUT2D eigenvalue weighted by atomic mass is 9.92. The number of ether oxygens (including phenoxy) is 1. The average Bonchev–Trinajstić information content (AvgIpc) is 2.75. The Bertz CT molecular complexity index is 1190. The van der Waals surface area contributed by atoms with Gasteiger partial charge in [0, 0.05) is 17.8 Å². The summed E-state index contributed by atoms with van der Waals surface area (Å²) in [5.41, 5.74) is 1.94. The number of rotatable bonds is 5. The number of fused-ring (bicyclic) bond motifs is 1. The van der Waals surface area contributed by atoms with Gasteiger partial charge in [0.2, 0.25) is 17.8 Å². The van der Waals surface area contributed by atoms with Crippen LogP contribution in [0.1, 0.15) is 23.5 Å². The lowest BCUT2D eigenvalue weighted by Gasteiger charge is -2.23. The highest BCUT2D eigenvalue weighted by molar-refractivity contribution is 6.04. The molecule has 9 nitrogen and oxygen atoms in total. The molecule has 1 unspecified atom stereocenters. The number of hydrogen-bond acceptors (Lipinski definition) is 6. The highest BCUT2D eigenvalue weighted by Gasteiger charge is 2.34. The molecule has 1 aliphatic heterocycles. The van der Waals surface area contributed by atoms with Crippen LogP contribution in [0, 0.1) is 6.92 Å². The number of carbonyl (C=O) groups excluding carboxylic acids is 2. The summed E-state index contributed by atoms with van der Waals surface area (Å²) in [6.07, 6.45) is -0.138. The standard InChI is InChI=1S/C22H21N5O4/c1-12-3-5-13(6-4-12)23-20(29)16-11-17(28)25-19-18(16)21(30)27-22(26-19)24-14-7-9-15(31-2)10-8-14/h3-10,16H,11H2,1-2H3,(H,23,29)(H3,24,25,26,27,28,30). The first kappa shape index (κ1) is 20.1. The second kappa shape index (κ2) is 8.31. The molecule has 0 saturated carbocycles. The Labute approximate surface area is 177 Å². The minimum atomic E-state index is -0.948. The van der Waals surface area contributed by atoms with Crippen molar-refractivity contribution in [3.8, 4) is 5.75 Å². The van der Waals surface area contributed by atoms with Crippen LogP contribution >= 0.6 is 0 Å². The normalized spacial score (nSPS) is 14.9. The Morgan fingerprint density at radius 2 is 1.74 bits per heavy atom. The van der Waals surface area contributed by atoms with Gasteiger partial charge in [-0.3, -0.25) is 19.4 Å². The lowest BCUT2D eigenvalue weighted by Crippen LogP contribution is -2.36. The summed E-state index contributed by atoms with van der Waals surface area (Å²) in [6, 6.07) is 14.3. The van der Waals surface area contributed by atoms with Crippen LogP contribution in [0.4, 0.5) is 23.1 Å². The van der Waals surface area contributed by atoms with Gasteiger partial charge in [-0.1, -0.05) is 17.7 Å². The first-order chi connectivity index (χ1) is 14.9. The summed E-state index contributed by atoms with van der Waals surface area (Å²) < 4.78 is 5.12. The third-order valence-electron chi connectivity index (χ3n) is 4.94. The van der Waals surface area contributed by atoms with E-state index in [0.717, 1.165) is 5.56 Å². The number of nitrogens with one attached hydrogen (secondary N) is 4. The zero-order chi connectivity index (χ0) is 22.0. The van der Waals surface area contributed by atoms with Crippen LogP contribution in [-0.4, -0.2) is 28.9 Å². The van der Waals surface area contributed by atoms with E-state index in [1.54, 1.807) is 43.5 Å². The van der Waals surface area contributed by atoms with E-state index in [0.29, 0.717) is 17.1 Å². The van der Waals surface area contributed by atoms with Gasteiger partial charge < -0.3 is 20.7 Å². The van der Waals surface area contributed by atoms with E-state index in [2.05, 4.69) is 25.9 Å². The van der Waals surface area contributed by atoms with Crippen molar-refractivity contribution in [2.24, 2.45) is 0 Å². The van der Waals surface area contributed by atoms with Crippen LogP contribution in [0.15, 0.2) is 53.3 Å². The second-order valence-electron chi connectivity index (χ2n) is 7.19. The summed E-state index contributed by atoms with van der Waals surface area (Å²) in [5.74, 6) is -0.870. The number of aromatic nitrogens is 2. The molecule has 1 atom stereocenters. The average molecular weight is 419 g/mol. The summed E-state index contributed by atoms with van der Waals surface area (Å²) in [6.45, 7) is 1.94.